The number of aromatic amines is 1. The minimum absolute atomic E-state index is 0.0491. The normalized spacial score (nSPS) is 22.4. The van der Waals surface area contributed by atoms with Gasteiger partial charge in [-0.3, -0.25) is 0 Å². The average molecular weight is 468 g/mol. The largest absolute Gasteiger partial charge is 0.456 e. The highest BCUT2D eigenvalue weighted by Gasteiger charge is 2.43. The molecule has 2 aliphatic heterocycles. The van der Waals surface area contributed by atoms with Crippen LogP contribution in [0.5, 0.6) is 6.01 Å². The summed E-state index contributed by atoms with van der Waals surface area (Å²) in [5.41, 5.74) is 4.81. The molecule has 2 aromatic heterocycles. The van der Waals surface area contributed by atoms with Crippen LogP contribution in [0.2, 0.25) is 10.0 Å². The summed E-state index contributed by atoms with van der Waals surface area (Å²) in [5, 5.41) is 1.24. The lowest BCUT2D eigenvalue weighted by Gasteiger charge is -2.15. The maximum absolute atomic E-state index is 6.56. The van der Waals surface area contributed by atoms with Crippen LogP contribution < -0.4 is 4.74 Å². The Morgan fingerprint density at radius 2 is 1.75 bits per heavy atom. The first kappa shape index (κ1) is 20.0. The summed E-state index contributed by atoms with van der Waals surface area (Å²) in [4.78, 5) is 12.4. The van der Waals surface area contributed by atoms with Gasteiger partial charge in [-0.2, -0.15) is 4.98 Å². The molecule has 6 nitrogen and oxygen atoms in total. The number of nitrogens with zero attached hydrogens (tertiary/aromatic N) is 2. The average Bonchev–Trinajstić information content (AvgIpc) is 3.51. The van der Waals surface area contributed by atoms with Crippen molar-refractivity contribution in [2.45, 2.75) is 24.7 Å². The first-order valence-electron chi connectivity index (χ1n) is 10.5. The van der Waals surface area contributed by atoms with E-state index in [1.807, 2.05) is 54.6 Å². The zero-order chi connectivity index (χ0) is 21.7. The second kappa shape index (κ2) is 8.05. The van der Waals surface area contributed by atoms with Crippen molar-refractivity contribution in [2.75, 3.05) is 13.2 Å². The van der Waals surface area contributed by atoms with E-state index in [2.05, 4.69) is 15.0 Å². The van der Waals surface area contributed by atoms with Crippen LogP contribution >= 0.6 is 23.2 Å². The maximum Gasteiger partial charge on any atom is 0.296 e. The van der Waals surface area contributed by atoms with Crippen LogP contribution in [0.15, 0.2) is 54.6 Å². The first-order valence-corrected chi connectivity index (χ1v) is 11.2. The van der Waals surface area contributed by atoms with Gasteiger partial charge in [0, 0.05) is 22.8 Å². The van der Waals surface area contributed by atoms with Gasteiger partial charge in [0.25, 0.3) is 6.01 Å². The van der Waals surface area contributed by atoms with E-state index < -0.39 is 0 Å². The standard InChI is InChI=1S/C24H19Cl2N3O3/c25-16-4-2-1-3-15(16)13-5-7-14(8-6-13)21-17(26)11-18-23(28-21)29-24(27-18)32-20-12-31-19-9-10-30-22(19)20/h1-8,11,19-20,22H,9-10,12H2,(H,27,28,29)/t19-,20?,22+/m1/s1. The monoisotopic (exact) mass is 467 g/mol. The highest BCUT2D eigenvalue weighted by atomic mass is 35.5. The molecule has 3 atom stereocenters. The molecular formula is C24H19Cl2N3O3. The highest BCUT2D eigenvalue weighted by molar-refractivity contribution is 6.34. The number of ether oxygens (including phenoxy) is 3. The summed E-state index contributed by atoms with van der Waals surface area (Å²) < 4.78 is 17.5. The van der Waals surface area contributed by atoms with Crippen molar-refractivity contribution in [2.24, 2.45) is 0 Å². The van der Waals surface area contributed by atoms with Crippen LogP contribution in [0.25, 0.3) is 33.5 Å². The molecule has 4 heterocycles. The minimum atomic E-state index is -0.185. The van der Waals surface area contributed by atoms with Gasteiger partial charge in [-0.25, -0.2) is 4.98 Å². The van der Waals surface area contributed by atoms with Crippen molar-refractivity contribution >= 4 is 34.4 Å². The number of hydrogen-bond acceptors (Lipinski definition) is 5. The lowest BCUT2D eigenvalue weighted by Crippen LogP contribution is -2.32. The number of pyridine rings is 1. The third-order valence-electron chi connectivity index (χ3n) is 5.93. The Bertz CT molecular complexity index is 1290. The molecule has 4 aromatic rings. The van der Waals surface area contributed by atoms with Crippen molar-refractivity contribution in [3.05, 3.63) is 64.6 Å². The summed E-state index contributed by atoms with van der Waals surface area (Å²) >= 11 is 12.9. The third-order valence-corrected chi connectivity index (χ3v) is 6.55. The quantitative estimate of drug-likeness (QED) is 0.426. The molecule has 0 aliphatic carbocycles. The SMILES string of the molecule is Clc1ccccc1-c1ccc(-c2nc3nc(OC4CO[C@@H]5CCO[C@H]45)[nH]c3cc2Cl)cc1. The summed E-state index contributed by atoms with van der Waals surface area (Å²) in [6.45, 7) is 1.19. The van der Waals surface area contributed by atoms with Gasteiger partial charge in [0.15, 0.2) is 11.8 Å². The van der Waals surface area contributed by atoms with Crippen LogP contribution in [0.1, 0.15) is 6.42 Å². The summed E-state index contributed by atoms with van der Waals surface area (Å²) in [7, 11) is 0. The third kappa shape index (κ3) is 3.53. The highest BCUT2D eigenvalue weighted by Crippen LogP contribution is 2.34. The zero-order valence-corrected chi connectivity index (χ0v) is 18.4. The van der Waals surface area contributed by atoms with Gasteiger partial charge in [-0.1, -0.05) is 65.7 Å². The molecule has 1 unspecified atom stereocenters. The molecule has 0 bridgehead atoms. The number of nitrogens with one attached hydrogen (secondary N) is 1. The van der Waals surface area contributed by atoms with Crippen molar-refractivity contribution < 1.29 is 14.2 Å². The van der Waals surface area contributed by atoms with Crippen LogP contribution in [-0.4, -0.2) is 46.5 Å². The summed E-state index contributed by atoms with van der Waals surface area (Å²) in [6.07, 6.45) is 0.778. The fourth-order valence-corrected chi connectivity index (χ4v) is 4.84. The molecule has 0 saturated carbocycles. The second-order valence-electron chi connectivity index (χ2n) is 7.94. The predicted octanol–water partition coefficient (Wildman–Crippen LogP) is 5.53. The van der Waals surface area contributed by atoms with Crippen molar-refractivity contribution in [3.63, 3.8) is 0 Å². The molecule has 1 N–H and O–H groups in total. The number of benzene rings is 2. The van der Waals surface area contributed by atoms with E-state index in [0.717, 1.165) is 23.1 Å². The van der Waals surface area contributed by atoms with Gasteiger partial charge in [-0.05, 0) is 24.1 Å². The molecular weight excluding hydrogens is 449 g/mol. The lowest BCUT2D eigenvalue weighted by molar-refractivity contribution is 0.0273. The van der Waals surface area contributed by atoms with E-state index in [1.54, 1.807) is 0 Å². The van der Waals surface area contributed by atoms with Crippen molar-refractivity contribution in [1.82, 2.24) is 15.0 Å². The van der Waals surface area contributed by atoms with Gasteiger partial charge in [0.05, 0.1) is 28.9 Å². The van der Waals surface area contributed by atoms with Crippen molar-refractivity contribution in [1.29, 1.82) is 0 Å². The first-order chi connectivity index (χ1) is 15.7. The van der Waals surface area contributed by atoms with Gasteiger partial charge in [0.2, 0.25) is 0 Å². The van der Waals surface area contributed by atoms with Crippen LogP contribution in [0.4, 0.5) is 0 Å². The fraction of sp³-hybridized carbons (Fsp3) is 0.250. The van der Waals surface area contributed by atoms with Gasteiger partial charge >= 0.3 is 0 Å². The minimum Gasteiger partial charge on any atom is -0.456 e. The molecule has 8 heteroatoms. The smallest absolute Gasteiger partial charge is 0.296 e. The Labute approximate surface area is 194 Å². The molecule has 0 spiro atoms. The van der Waals surface area contributed by atoms with Gasteiger partial charge in [0.1, 0.15) is 6.10 Å². The number of imidazole rings is 1. The Hall–Kier alpha value is -2.64. The fourth-order valence-electron chi connectivity index (χ4n) is 4.33. The van der Waals surface area contributed by atoms with E-state index in [9.17, 15) is 0 Å². The summed E-state index contributed by atoms with van der Waals surface area (Å²) in [5.74, 6) is 0. The second-order valence-corrected chi connectivity index (χ2v) is 8.76. The van der Waals surface area contributed by atoms with Crippen LogP contribution in [0.3, 0.4) is 0 Å². The van der Waals surface area contributed by atoms with E-state index in [1.165, 1.54) is 0 Å². The Balaban J connectivity index is 1.28. The van der Waals surface area contributed by atoms with Gasteiger partial charge in [-0.15, -0.1) is 0 Å². The molecule has 162 valence electrons. The van der Waals surface area contributed by atoms with E-state index in [4.69, 9.17) is 37.4 Å². The molecule has 2 fully saturated rings. The number of rotatable bonds is 4. The number of aromatic nitrogens is 3. The van der Waals surface area contributed by atoms with Crippen molar-refractivity contribution in [3.8, 4) is 28.4 Å². The van der Waals surface area contributed by atoms with Gasteiger partial charge < -0.3 is 19.2 Å². The molecule has 2 aromatic carbocycles. The topological polar surface area (TPSA) is 69.3 Å². The molecule has 0 amide bonds. The molecule has 32 heavy (non-hydrogen) atoms. The molecule has 2 aliphatic rings. The Morgan fingerprint density at radius 3 is 2.59 bits per heavy atom. The molecule has 2 saturated heterocycles. The molecule has 6 rings (SSSR count). The Kier molecular flexibility index (Phi) is 5.03. The maximum atomic E-state index is 6.56. The van der Waals surface area contributed by atoms with Crippen LogP contribution in [-0.2, 0) is 9.47 Å². The van der Waals surface area contributed by atoms with Crippen LogP contribution in [0, 0.1) is 0 Å². The van der Waals surface area contributed by atoms with E-state index in [0.29, 0.717) is 46.1 Å². The molecule has 0 radical (unpaired) electrons. The van der Waals surface area contributed by atoms with E-state index >= 15 is 0 Å². The predicted molar refractivity (Wildman–Crippen MR) is 123 cm³/mol. The summed E-state index contributed by atoms with van der Waals surface area (Å²) in [6, 6.07) is 18.0. The number of fused-ring (bicyclic) bond motifs is 2. The number of H-pyrrole nitrogens is 1. The Morgan fingerprint density at radius 1 is 0.938 bits per heavy atom. The number of hydrogen-bond donors (Lipinski definition) is 1. The lowest BCUT2D eigenvalue weighted by atomic mass is 10.0. The number of halogens is 2. The van der Waals surface area contributed by atoms with E-state index in [-0.39, 0.29) is 18.3 Å². The zero-order valence-electron chi connectivity index (χ0n) is 16.9.